The zero-order valence-electron chi connectivity index (χ0n) is 15.1. The van der Waals surface area contributed by atoms with Crippen LogP contribution in [0.1, 0.15) is 41.8 Å². The fraction of sp³-hybridized carbons (Fsp3) is 0.474. The summed E-state index contributed by atoms with van der Waals surface area (Å²) in [6.07, 6.45) is 3.72. The normalized spacial score (nSPS) is 15.1. The summed E-state index contributed by atoms with van der Waals surface area (Å²) < 4.78 is 2.06. The van der Waals surface area contributed by atoms with E-state index >= 15 is 0 Å². The van der Waals surface area contributed by atoms with Crippen molar-refractivity contribution in [1.82, 2.24) is 14.7 Å². The summed E-state index contributed by atoms with van der Waals surface area (Å²) in [7, 11) is 0. The lowest BCUT2D eigenvalue weighted by atomic mass is 10.1. The highest BCUT2D eigenvalue weighted by Gasteiger charge is 2.14. The van der Waals surface area contributed by atoms with Crippen molar-refractivity contribution >= 4 is 29.9 Å². The fourth-order valence-corrected chi connectivity index (χ4v) is 3.26. The van der Waals surface area contributed by atoms with E-state index in [1.807, 2.05) is 6.07 Å². The van der Waals surface area contributed by atoms with Crippen molar-refractivity contribution in [3.05, 3.63) is 52.8 Å². The van der Waals surface area contributed by atoms with Gasteiger partial charge in [0.15, 0.2) is 5.96 Å². The van der Waals surface area contributed by atoms with Gasteiger partial charge in [-0.3, -0.25) is 4.68 Å². The van der Waals surface area contributed by atoms with Gasteiger partial charge in [0.1, 0.15) is 0 Å². The van der Waals surface area contributed by atoms with E-state index in [1.54, 1.807) is 0 Å². The number of hydrogen-bond acceptors (Lipinski definition) is 2. The fourth-order valence-electron chi connectivity index (χ4n) is 3.26. The maximum Gasteiger partial charge on any atom is 0.191 e. The van der Waals surface area contributed by atoms with Gasteiger partial charge in [0.2, 0.25) is 0 Å². The molecule has 3 rings (SSSR count). The number of aliphatic imine (C=N–C) groups is 1. The minimum atomic E-state index is 0. The van der Waals surface area contributed by atoms with Crippen molar-refractivity contribution in [3.63, 3.8) is 0 Å². The van der Waals surface area contributed by atoms with E-state index in [0.29, 0.717) is 12.5 Å². The molecule has 0 bridgehead atoms. The molecule has 0 amide bonds. The Balaban J connectivity index is 0.00000225. The number of nitrogens with zero attached hydrogens (tertiary/aromatic N) is 4. The van der Waals surface area contributed by atoms with Crippen LogP contribution in [0, 0.1) is 13.8 Å². The summed E-state index contributed by atoms with van der Waals surface area (Å²) >= 11 is 0. The molecule has 1 aromatic carbocycles. The van der Waals surface area contributed by atoms with Crippen LogP contribution in [0.4, 0.5) is 0 Å². The number of aryl methyl sites for hydroxylation is 1. The summed E-state index contributed by atoms with van der Waals surface area (Å²) in [6, 6.07) is 10.4. The minimum Gasteiger partial charge on any atom is -0.370 e. The third-order valence-corrected chi connectivity index (χ3v) is 4.79. The number of hydrogen-bond donors (Lipinski definition) is 1. The molecule has 0 unspecified atom stereocenters. The Kier molecular flexibility index (Phi) is 7.28. The van der Waals surface area contributed by atoms with Gasteiger partial charge in [-0.1, -0.05) is 30.3 Å². The lowest BCUT2D eigenvalue weighted by Crippen LogP contribution is -2.40. The van der Waals surface area contributed by atoms with E-state index in [-0.39, 0.29) is 24.0 Å². The van der Waals surface area contributed by atoms with Crippen LogP contribution in [0.5, 0.6) is 0 Å². The number of aromatic nitrogens is 2. The van der Waals surface area contributed by atoms with Gasteiger partial charge in [0, 0.05) is 24.3 Å². The van der Waals surface area contributed by atoms with E-state index in [9.17, 15) is 0 Å². The predicted octanol–water partition coefficient (Wildman–Crippen LogP) is 3.47. The van der Waals surface area contributed by atoms with Gasteiger partial charge < -0.3 is 10.6 Å². The highest BCUT2D eigenvalue weighted by atomic mass is 127. The molecule has 0 radical (unpaired) electrons. The average molecular weight is 453 g/mol. The molecule has 1 aliphatic heterocycles. The van der Waals surface area contributed by atoms with Crippen LogP contribution < -0.4 is 5.73 Å². The summed E-state index contributed by atoms with van der Waals surface area (Å²) in [5.41, 5.74) is 10.8. The van der Waals surface area contributed by atoms with E-state index in [4.69, 9.17) is 5.73 Å². The number of guanidine groups is 1. The molecule has 1 aromatic heterocycles. The van der Waals surface area contributed by atoms with Crippen molar-refractivity contribution in [3.8, 4) is 0 Å². The molecular weight excluding hydrogens is 425 g/mol. The van der Waals surface area contributed by atoms with Gasteiger partial charge in [-0.2, -0.15) is 5.10 Å². The minimum absolute atomic E-state index is 0. The molecule has 1 fully saturated rings. The van der Waals surface area contributed by atoms with Gasteiger partial charge in [-0.15, -0.1) is 24.0 Å². The average Bonchev–Trinajstić information content (AvgIpc) is 2.88. The highest BCUT2D eigenvalue weighted by molar-refractivity contribution is 14.0. The molecule has 25 heavy (non-hydrogen) atoms. The summed E-state index contributed by atoms with van der Waals surface area (Å²) in [5.74, 6) is 0.671. The van der Waals surface area contributed by atoms with Gasteiger partial charge in [-0.25, -0.2) is 4.99 Å². The van der Waals surface area contributed by atoms with Crippen LogP contribution in [0.15, 0.2) is 35.3 Å². The molecule has 0 aliphatic carbocycles. The Bertz CT molecular complexity index is 702. The molecular formula is C19H28IN5. The Morgan fingerprint density at radius 1 is 1.12 bits per heavy atom. The van der Waals surface area contributed by atoms with Crippen LogP contribution in [0.2, 0.25) is 0 Å². The quantitative estimate of drug-likeness (QED) is 0.438. The highest BCUT2D eigenvalue weighted by Crippen LogP contribution is 2.16. The number of nitrogens with two attached hydrogens (primary N) is 1. The lowest BCUT2D eigenvalue weighted by Gasteiger charge is -2.27. The van der Waals surface area contributed by atoms with E-state index in [2.05, 4.69) is 57.8 Å². The summed E-state index contributed by atoms with van der Waals surface area (Å²) in [6.45, 7) is 7.62. The van der Waals surface area contributed by atoms with E-state index in [0.717, 1.165) is 25.3 Å². The molecule has 0 spiro atoms. The van der Waals surface area contributed by atoms with Crippen LogP contribution in [0.3, 0.4) is 0 Å². The van der Waals surface area contributed by atoms with Crippen molar-refractivity contribution in [1.29, 1.82) is 0 Å². The predicted molar refractivity (Wildman–Crippen MR) is 113 cm³/mol. The van der Waals surface area contributed by atoms with Crippen molar-refractivity contribution in [2.75, 3.05) is 13.1 Å². The number of rotatable bonds is 4. The van der Waals surface area contributed by atoms with Crippen molar-refractivity contribution in [2.24, 2.45) is 10.7 Å². The monoisotopic (exact) mass is 453 g/mol. The molecule has 0 saturated carbocycles. The van der Waals surface area contributed by atoms with E-state index in [1.165, 1.54) is 36.1 Å². The zero-order valence-corrected chi connectivity index (χ0v) is 17.4. The summed E-state index contributed by atoms with van der Waals surface area (Å²) in [4.78, 5) is 6.82. The number of benzene rings is 1. The molecule has 5 nitrogen and oxygen atoms in total. The van der Waals surface area contributed by atoms with Crippen molar-refractivity contribution < 1.29 is 0 Å². The number of piperidine rings is 1. The smallest absolute Gasteiger partial charge is 0.191 e. The Hall–Kier alpha value is -1.57. The van der Waals surface area contributed by atoms with Crippen LogP contribution in [0.25, 0.3) is 0 Å². The number of halogens is 1. The molecule has 0 atom stereocenters. The molecule has 1 aliphatic rings. The molecule has 136 valence electrons. The Morgan fingerprint density at radius 3 is 2.48 bits per heavy atom. The van der Waals surface area contributed by atoms with Gasteiger partial charge >= 0.3 is 0 Å². The number of likely N-dealkylation sites (tertiary alicyclic amines) is 1. The topological polar surface area (TPSA) is 59.4 Å². The maximum atomic E-state index is 6.18. The summed E-state index contributed by atoms with van der Waals surface area (Å²) in [5, 5.41) is 4.69. The third-order valence-electron chi connectivity index (χ3n) is 4.79. The van der Waals surface area contributed by atoms with Crippen LogP contribution in [-0.4, -0.2) is 33.7 Å². The first-order valence-corrected chi connectivity index (χ1v) is 8.77. The zero-order chi connectivity index (χ0) is 16.9. The first-order valence-electron chi connectivity index (χ1n) is 8.77. The Labute approximate surface area is 167 Å². The second-order valence-electron chi connectivity index (χ2n) is 6.51. The first kappa shape index (κ1) is 19.8. The SMILES string of the molecule is Cc1nn(Cc2ccccc2)c(C)c1CN=C(N)N1CCCCC1.I. The molecule has 6 heteroatoms. The van der Waals surface area contributed by atoms with Gasteiger partial charge in [0.05, 0.1) is 18.8 Å². The third kappa shape index (κ3) is 4.96. The first-order chi connectivity index (χ1) is 11.6. The molecule has 2 N–H and O–H groups in total. The van der Waals surface area contributed by atoms with Gasteiger partial charge in [-0.05, 0) is 38.7 Å². The van der Waals surface area contributed by atoms with E-state index < -0.39 is 0 Å². The standard InChI is InChI=1S/C19H27N5.HI/c1-15-18(13-21-19(20)23-11-7-4-8-12-23)16(2)24(22-15)14-17-9-5-3-6-10-17;/h3,5-6,9-10H,4,7-8,11-14H2,1-2H3,(H2,20,21);1H. The molecule has 1 saturated heterocycles. The van der Waals surface area contributed by atoms with Crippen molar-refractivity contribution in [2.45, 2.75) is 46.2 Å². The Morgan fingerprint density at radius 2 is 1.80 bits per heavy atom. The maximum absolute atomic E-state index is 6.18. The largest absolute Gasteiger partial charge is 0.370 e. The molecule has 2 heterocycles. The second-order valence-corrected chi connectivity index (χ2v) is 6.51. The lowest BCUT2D eigenvalue weighted by molar-refractivity contribution is 0.338. The van der Waals surface area contributed by atoms with Crippen LogP contribution >= 0.6 is 24.0 Å². The van der Waals surface area contributed by atoms with Gasteiger partial charge in [0.25, 0.3) is 0 Å². The molecule has 2 aromatic rings. The second kappa shape index (κ2) is 9.22. The van der Waals surface area contributed by atoms with Crippen LogP contribution in [-0.2, 0) is 13.1 Å².